The zero-order valence-electron chi connectivity index (χ0n) is 13.3. The number of nitriles is 1. The Bertz CT molecular complexity index is 557. The van der Waals surface area contributed by atoms with Crippen molar-refractivity contribution in [2.45, 2.75) is 45.3 Å². The summed E-state index contributed by atoms with van der Waals surface area (Å²) in [6.45, 7) is 7.13. The van der Waals surface area contributed by atoms with Crippen molar-refractivity contribution in [3.63, 3.8) is 0 Å². The van der Waals surface area contributed by atoms with E-state index in [-0.39, 0.29) is 12.1 Å². The van der Waals surface area contributed by atoms with Crippen LogP contribution >= 0.6 is 0 Å². The number of rotatable bonds is 2. The van der Waals surface area contributed by atoms with E-state index in [1.807, 2.05) is 26.8 Å². The van der Waals surface area contributed by atoms with Crippen molar-refractivity contribution < 1.29 is 9.53 Å². The summed E-state index contributed by atoms with van der Waals surface area (Å²) in [6.07, 6.45) is 3.08. The molecule has 0 radical (unpaired) electrons. The second-order valence-corrected chi connectivity index (χ2v) is 6.45. The molecule has 1 unspecified atom stereocenters. The minimum absolute atomic E-state index is 0.0426. The van der Waals surface area contributed by atoms with Crippen LogP contribution in [0.1, 0.15) is 39.2 Å². The molecule has 1 aromatic heterocycles. The molecule has 1 saturated heterocycles. The van der Waals surface area contributed by atoms with E-state index < -0.39 is 5.60 Å². The maximum absolute atomic E-state index is 11.9. The van der Waals surface area contributed by atoms with Crippen molar-refractivity contribution in [3.8, 4) is 6.07 Å². The van der Waals surface area contributed by atoms with Crippen LogP contribution in [0.3, 0.4) is 0 Å². The molecule has 1 aliphatic heterocycles. The molecule has 0 saturated carbocycles. The average Bonchev–Trinajstić information content (AvgIpc) is 2.45. The summed E-state index contributed by atoms with van der Waals surface area (Å²) in [5, 5.41) is 11.7. The Labute approximate surface area is 131 Å². The number of ether oxygens (including phenoxy) is 1. The topological polar surface area (TPSA) is 78.2 Å². The predicted octanol–water partition coefficient (Wildman–Crippen LogP) is 2.45. The third-order valence-electron chi connectivity index (χ3n) is 3.34. The van der Waals surface area contributed by atoms with E-state index in [2.05, 4.69) is 21.3 Å². The summed E-state index contributed by atoms with van der Waals surface area (Å²) in [5.41, 5.74) is 0.0526. The third kappa shape index (κ3) is 4.62. The molecule has 1 fully saturated rings. The number of carbonyl (C=O) groups is 1. The quantitative estimate of drug-likeness (QED) is 0.908. The molecule has 1 atom stereocenters. The zero-order chi connectivity index (χ0) is 16.2. The number of hydrogen-bond donors (Lipinski definition) is 1. The Morgan fingerprint density at radius 2 is 2.27 bits per heavy atom. The highest BCUT2D eigenvalue weighted by molar-refractivity contribution is 5.68. The first kappa shape index (κ1) is 16.1. The summed E-state index contributed by atoms with van der Waals surface area (Å²) in [6, 6.07) is 5.70. The third-order valence-corrected chi connectivity index (χ3v) is 3.34. The van der Waals surface area contributed by atoms with Crippen LogP contribution in [0.15, 0.2) is 18.3 Å². The molecule has 2 rings (SSSR count). The van der Waals surface area contributed by atoms with Gasteiger partial charge in [-0.2, -0.15) is 5.26 Å². The predicted molar refractivity (Wildman–Crippen MR) is 83.6 cm³/mol. The van der Waals surface area contributed by atoms with Crippen molar-refractivity contribution in [2.75, 3.05) is 18.0 Å². The molecule has 0 aromatic carbocycles. The van der Waals surface area contributed by atoms with Crippen LogP contribution in [-0.2, 0) is 4.74 Å². The first-order valence-electron chi connectivity index (χ1n) is 7.48. The molecule has 0 spiro atoms. The van der Waals surface area contributed by atoms with Crippen LogP contribution < -0.4 is 10.2 Å². The zero-order valence-corrected chi connectivity index (χ0v) is 13.3. The minimum atomic E-state index is -0.493. The van der Waals surface area contributed by atoms with Crippen LogP contribution in [0.5, 0.6) is 0 Å². The van der Waals surface area contributed by atoms with Crippen molar-refractivity contribution in [1.29, 1.82) is 5.26 Å². The second kappa shape index (κ2) is 6.65. The van der Waals surface area contributed by atoms with Gasteiger partial charge in [0.25, 0.3) is 0 Å². The summed E-state index contributed by atoms with van der Waals surface area (Å²) < 4.78 is 5.29. The first-order valence-corrected chi connectivity index (χ1v) is 7.48. The van der Waals surface area contributed by atoms with E-state index in [1.165, 1.54) is 0 Å². The van der Waals surface area contributed by atoms with E-state index in [0.717, 1.165) is 25.2 Å². The lowest BCUT2D eigenvalue weighted by atomic mass is 10.1. The van der Waals surface area contributed by atoms with E-state index in [0.29, 0.717) is 12.1 Å². The molecular formula is C16H22N4O2. The van der Waals surface area contributed by atoms with Crippen LogP contribution in [0.25, 0.3) is 0 Å². The number of nitrogens with zero attached hydrogens (tertiary/aromatic N) is 3. The van der Waals surface area contributed by atoms with Gasteiger partial charge in [-0.25, -0.2) is 9.78 Å². The van der Waals surface area contributed by atoms with Gasteiger partial charge in [-0.1, -0.05) is 0 Å². The lowest BCUT2D eigenvalue weighted by Gasteiger charge is -2.34. The lowest BCUT2D eigenvalue weighted by molar-refractivity contribution is 0.0500. The highest BCUT2D eigenvalue weighted by atomic mass is 16.6. The van der Waals surface area contributed by atoms with Gasteiger partial charge in [-0.05, 0) is 45.7 Å². The van der Waals surface area contributed by atoms with Gasteiger partial charge in [0.15, 0.2) is 0 Å². The molecule has 1 amide bonds. The van der Waals surface area contributed by atoms with Gasteiger partial charge >= 0.3 is 6.09 Å². The molecule has 1 N–H and O–H groups in total. The molecule has 0 bridgehead atoms. The van der Waals surface area contributed by atoms with Gasteiger partial charge < -0.3 is 15.0 Å². The van der Waals surface area contributed by atoms with E-state index in [4.69, 9.17) is 10.00 Å². The Morgan fingerprint density at radius 1 is 1.50 bits per heavy atom. The molecule has 118 valence electrons. The van der Waals surface area contributed by atoms with Crippen molar-refractivity contribution in [1.82, 2.24) is 10.3 Å². The van der Waals surface area contributed by atoms with Crippen molar-refractivity contribution in [2.24, 2.45) is 0 Å². The smallest absolute Gasteiger partial charge is 0.407 e. The van der Waals surface area contributed by atoms with Gasteiger partial charge in [-0.15, -0.1) is 0 Å². The standard InChI is InChI=1S/C16H22N4O2/c1-16(2,3)22-15(21)19-13-5-4-8-20(11-13)14-7-6-12(9-17)10-18-14/h6-7,10,13H,4-5,8,11H2,1-3H3,(H,19,21). The SMILES string of the molecule is CC(C)(C)OC(=O)NC1CCCN(c2ccc(C#N)cn2)C1. The largest absolute Gasteiger partial charge is 0.444 e. The van der Waals surface area contributed by atoms with Crippen molar-refractivity contribution >= 4 is 11.9 Å². The molecule has 6 heteroatoms. The highest BCUT2D eigenvalue weighted by Crippen LogP contribution is 2.18. The number of amides is 1. The van der Waals surface area contributed by atoms with Crippen LogP contribution in [0, 0.1) is 11.3 Å². The fraction of sp³-hybridized carbons (Fsp3) is 0.562. The summed E-state index contributed by atoms with van der Waals surface area (Å²) in [7, 11) is 0. The monoisotopic (exact) mass is 302 g/mol. The van der Waals surface area contributed by atoms with Crippen LogP contribution in [-0.4, -0.2) is 35.8 Å². The van der Waals surface area contributed by atoms with E-state index in [1.54, 1.807) is 12.3 Å². The Hall–Kier alpha value is -2.29. The van der Waals surface area contributed by atoms with E-state index >= 15 is 0 Å². The highest BCUT2D eigenvalue weighted by Gasteiger charge is 2.24. The Morgan fingerprint density at radius 3 is 2.86 bits per heavy atom. The number of piperidine rings is 1. The van der Waals surface area contributed by atoms with Gasteiger partial charge in [0.1, 0.15) is 17.5 Å². The summed E-state index contributed by atoms with van der Waals surface area (Å²) in [5.74, 6) is 0.828. The number of hydrogen-bond acceptors (Lipinski definition) is 5. The second-order valence-electron chi connectivity index (χ2n) is 6.45. The van der Waals surface area contributed by atoms with Gasteiger partial charge in [-0.3, -0.25) is 0 Å². The van der Waals surface area contributed by atoms with Crippen LogP contribution in [0.4, 0.5) is 10.6 Å². The maximum atomic E-state index is 11.9. The number of pyridine rings is 1. The van der Waals surface area contributed by atoms with Crippen molar-refractivity contribution in [3.05, 3.63) is 23.9 Å². The molecule has 2 heterocycles. The number of nitrogens with one attached hydrogen (secondary N) is 1. The van der Waals surface area contributed by atoms with Gasteiger partial charge in [0.05, 0.1) is 5.56 Å². The fourth-order valence-electron chi connectivity index (χ4n) is 2.42. The number of aromatic nitrogens is 1. The van der Waals surface area contributed by atoms with Gasteiger partial charge in [0, 0.05) is 25.3 Å². The molecule has 1 aromatic rings. The Balaban J connectivity index is 1.94. The summed E-state index contributed by atoms with van der Waals surface area (Å²) >= 11 is 0. The normalized spacial score (nSPS) is 18.5. The lowest BCUT2D eigenvalue weighted by Crippen LogP contribution is -2.49. The molecule has 0 aliphatic carbocycles. The summed E-state index contributed by atoms with van der Waals surface area (Å²) in [4.78, 5) is 18.3. The van der Waals surface area contributed by atoms with Gasteiger partial charge in [0.2, 0.25) is 0 Å². The first-order chi connectivity index (χ1) is 10.4. The average molecular weight is 302 g/mol. The molecule has 6 nitrogen and oxygen atoms in total. The number of carbonyl (C=O) groups excluding carboxylic acids is 1. The molecule has 22 heavy (non-hydrogen) atoms. The number of anilines is 1. The Kier molecular flexibility index (Phi) is 4.86. The maximum Gasteiger partial charge on any atom is 0.407 e. The fourth-order valence-corrected chi connectivity index (χ4v) is 2.42. The van der Waals surface area contributed by atoms with Crippen LogP contribution in [0.2, 0.25) is 0 Å². The molecule has 1 aliphatic rings. The minimum Gasteiger partial charge on any atom is -0.444 e. The number of alkyl carbamates (subject to hydrolysis) is 1. The molecular weight excluding hydrogens is 280 g/mol. The van der Waals surface area contributed by atoms with E-state index in [9.17, 15) is 4.79 Å².